The molecule has 2 amide bonds. The second kappa shape index (κ2) is 12.3. The maximum atomic E-state index is 13.5. The molecule has 10 nitrogen and oxygen atoms in total. The van der Waals surface area contributed by atoms with Crippen LogP contribution in [0.1, 0.15) is 54.4 Å². The van der Waals surface area contributed by atoms with Crippen LogP contribution in [0.4, 0.5) is 10.5 Å². The minimum Gasteiger partial charge on any atom is -0.620 e. The van der Waals surface area contributed by atoms with Gasteiger partial charge in [0.1, 0.15) is 17.0 Å². The van der Waals surface area contributed by atoms with E-state index in [0.717, 1.165) is 0 Å². The summed E-state index contributed by atoms with van der Waals surface area (Å²) in [7, 11) is 0. The van der Waals surface area contributed by atoms with Crippen LogP contribution in [0, 0.1) is 5.21 Å². The zero-order valence-electron chi connectivity index (χ0n) is 21.6. The van der Waals surface area contributed by atoms with E-state index in [1.165, 1.54) is 12.1 Å². The minimum atomic E-state index is -1.18. The standard InChI is InChI=1S/C25H38N2O8/c1-7-27(31,19-9-11-20(12-10-19)33-17-22(28)32-8-2)23(29)18(3)34-21-13-15-26(16-14-21)24(30)35-25(4,5)6/h9-12,18,21H,7-8,13-17H2,1-6H3. The number of likely N-dealkylation sites (N-methyl/N-ethyl adjacent to an activating group) is 1. The highest BCUT2D eigenvalue weighted by Gasteiger charge is 2.36. The van der Waals surface area contributed by atoms with E-state index in [9.17, 15) is 19.6 Å². The number of benzene rings is 1. The second-order valence-electron chi connectivity index (χ2n) is 9.43. The molecule has 2 atom stereocenters. The Morgan fingerprint density at radius 2 is 1.71 bits per heavy atom. The molecule has 2 rings (SSSR count). The van der Waals surface area contributed by atoms with Gasteiger partial charge in [-0.05, 0) is 66.5 Å². The molecule has 1 aromatic carbocycles. The Balaban J connectivity index is 1.94. The van der Waals surface area contributed by atoms with E-state index in [4.69, 9.17) is 18.9 Å². The quantitative estimate of drug-likeness (QED) is 0.289. The molecule has 2 unspecified atom stereocenters. The molecule has 0 N–H and O–H groups in total. The number of carbonyl (C=O) groups excluding carboxylic acids is 3. The largest absolute Gasteiger partial charge is 0.620 e. The molecule has 196 valence electrons. The minimum absolute atomic E-state index is 0.00729. The van der Waals surface area contributed by atoms with Crippen molar-refractivity contribution in [2.24, 2.45) is 0 Å². The molecule has 1 fully saturated rings. The Labute approximate surface area is 207 Å². The maximum absolute atomic E-state index is 13.5. The second-order valence-corrected chi connectivity index (χ2v) is 9.43. The van der Waals surface area contributed by atoms with E-state index >= 15 is 0 Å². The van der Waals surface area contributed by atoms with Gasteiger partial charge in [-0.15, -0.1) is 0 Å². The van der Waals surface area contributed by atoms with Crippen molar-refractivity contribution in [2.75, 3.05) is 32.8 Å². The first-order valence-electron chi connectivity index (χ1n) is 12.1. The summed E-state index contributed by atoms with van der Waals surface area (Å²) in [6.07, 6.45) is -0.430. The fourth-order valence-corrected chi connectivity index (χ4v) is 3.74. The first kappa shape index (κ1) is 28.5. The van der Waals surface area contributed by atoms with Crippen LogP contribution in [0.3, 0.4) is 0 Å². The Hall–Kier alpha value is -2.69. The third-order valence-electron chi connectivity index (χ3n) is 5.56. The number of nitrogens with zero attached hydrogens (tertiary/aromatic N) is 2. The van der Waals surface area contributed by atoms with Crippen LogP contribution in [0.5, 0.6) is 5.75 Å². The molecule has 0 bridgehead atoms. The van der Waals surface area contributed by atoms with E-state index < -0.39 is 28.2 Å². The van der Waals surface area contributed by atoms with Gasteiger partial charge in [-0.3, -0.25) is 4.65 Å². The fraction of sp³-hybridized carbons (Fsp3) is 0.640. The highest BCUT2D eigenvalue weighted by atomic mass is 16.6. The number of hydrogen-bond acceptors (Lipinski definition) is 8. The monoisotopic (exact) mass is 494 g/mol. The lowest BCUT2D eigenvalue weighted by Gasteiger charge is -2.40. The van der Waals surface area contributed by atoms with Gasteiger partial charge < -0.3 is 29.1 Å². The summed E-state index contributed by atoms with van der Waals surface area (Å²) in [5.41, 5.74) is -0.317. The number of esters is 1. The van der Waals surface area contributed by atoms with E-state index in [0.29, 0.717) is 31.7 Å². The molecule has 0 saturated carbocycles. The predicted molar refractivity (Wildman–Crippen MR) is 131 cm³/mol. The molecule has 1 heterocycles. The van der Waals surface area contributed by atoms with Gasteiger partial charge in [0.2, 0.25) is 0 Å². The Bertz CT molecular complexity index is 859. The number of carbonyl (C=O) groups is 3. The van der Waals surface area contributed by atoms with Crippen molar-refractivity contribution in [1.82, 2.24) is 9.55 Å². The van der Waals surface area contributed by atoms with Crippen LogP contribution in [-0.2, 0) is 23.8 Å². The zero-order valence-corrected chi connectivity index (χ0v) is 21.6. The molecule has 35 heavy (non-hydrogen) atoms. The van der Waals surface area contributed by atoms with Gasteiger partial charge in [0.05, 0.1) is 19.3 Å². The SMILES string of the molecule is CCOC(=O)COc1ccc([N+]([O-])(CC)C(=O)C(C)OC2CCN(C(=O)OC(C)(C)C)CC2)cc1. The lowest BCUT2D eigenvalue weighted by molar-refractivity contribution is -0.145. The lowest BCUT2D eigenvalue weighted by atomic mass is 10.1. The molecule has 1 saturated heterocycles. The number of quaternary nitrogens is 1. The van der Waals surface area contributed by atoms with Gasteiger partial charge in [0, 0.05) is 25.2 Å². The lowest BCUT2D eigenvalue weighted by Crippen LogP contribution is -2.54. The zero-order chi connectivity index (χ0) is 26.2. The van der Waals surface area contributed by atoms with Crippen LogP contribution in [0.15, 0.2) is 24.3 Å². The van der Waals surface area contributed by atoms with Crippen molar-refractivity contribution in [3.63, 3.8) is 0 Å². The molecule has 0 radical (unpaired) electrons. The smallest absolute Gasteiger partial charge is 0.410 e. The molecular weight excluding hydrogens is 456 g/mol. The molecule has 1 aliphatic rings. The number of hydroxylamine groups is 2. The predicted octanol–water partition coefficient (Wildman–Crippen LogP) is 3.78. The third-order valence-corrected chi connectivity index (χ3v) is 5.56. The maximum Gasteiger partial charge on any atom is 0.410 e. The molecule has 1 aromatic rings. The van der Waals surface area contributed by atoms with Gasteiger partial charge >= 0.3 is 18.0 Å². The van der Waals surface area contributed by atoms with Crippen LogP contribution in [0.2, 0.25) is 0 Å². The summed E-state index contributed by atoms with van der Waals surface area (Å²) < 4.78 is 20.3. The first-order chi connectivity index (χ1) is 16.4. The first-order valence-corrected chi connectivity index (χ1v) is 12.1. The van der Waals surface area contributed by atoms with Crippen LogP contribution < -0.4 is 9.38 Å². The van der Waals surface area contributed by atoms with Gasteiger partial charge in [-0.1, -0.05) is 0 Å². The van der Waals surface area contributed by atoms with Crippen molar-refractivity contribution < 1.29 is 33.3 Å². The Kier molecular flexibility index (Phi) is 10.1. The third kappa shape index (κ3) is 8.19. The van der Waals surface area contributed by atoms with Gasteiger partial charge in [0.15, 0.2) is 12.7 Å². The van der Waals surface area contributed by atoms with Crippen LogP contribution in [0.25, 0.3) is 0 Å². The van der Waals surface area contributed by atoms with E-state index in [1.54, 1.807) is 37.8 Å². The van der Waals surface area contributed by atoms with E-state index in [2.05, 4.69) is 0 Å². The summed E-state index contributed by atoms with van der Waals surface area (Å²) in [5, 5.41) is 13.5. The van der Waals surface area contributed by atoms with Crippen molar-refractivity contribution in [3.05, 3.63) is 29.5 Å². The molecule has 10 heteroatoms. The van der Waals surface area contributed by atoms with E-state index in [1.807, 2.05) is 20.8 Å². The number of likely N-dealkylation sites (tertiary alicyclic amines) is 1. The highest BCUT2D eigenvalue weighted by Crippen LogP contribution is 2.28. The molecule has 0 aromatic heterocycles. The average Bonchev–Trinajstić information content (AvgIpc) is 2.81. The van der Waals surface area contributed by atoms with Crippen molar-refractivity contribution in [2.45, 2.75) is 72.2 Å². The summed E-state index contributed by atoms with van der Waals surface area (Å²) >= 11 is 0. The highest BCUT2D eigenvalue weighted by molar-refractivity contribution is 5.92. The summed E-state index contributed by atoms with van der Waals surface area (Å²) in [4.78, 5) is 38.4. The summed E-state index contributed by atoms with van der Waals surface area (Å²) in [6.45, 7) is 11.3. The van der Waals surface area contributed by atoms with Gasteiger partial charge in [-0.25, -0.2) is 14.4 Å². The van der Waals surface area contributed by atoms with Crippen molar-refractivity contribution in [1.29, 1.82) is 0 Å². The number of amides is 2. The molecular formula is C25H38N2O8. The Morgan fingerprint density at radius 1 is 1.11 bits per heavy atom. The van der Waals surface area contributed by atoms with Crippen molar-refractivity contribution >= 4 is 23.7 Å². The number of rotatable bonds is 9. The van der Waals surface area contributed by atoms with Crippen molar-refractivity contribution in [3.8, 4) is 5.75 Å². The average molecular weight is 495 g/mol. The Morgan fingerprint density at radius 3 is 2.23 bits per heavy atom. The molecule has 1 aliphatic heterocycles. The topological polar surface area (TPSA) is 114 Å². The van der Waals surface area contributed by atoms with E-state index in [-0.39, 0.29) is 37.6 Å². The van der Waals surface area contributed by atoms with Crippen LogP contribution in [-0.4, -0.2) is 73.5 Å². The van der Waals surface area contributed by atoms with Gasteiger partial charge in [0.25, 0.3) is 0 Å². The van der Waals surface area contributed by atoms with Gasteiger partial charge in [-0.2, -0.15) is 0 Å². The number of ether oxygens (including phenoxy) is 4. The molecule has 0 aliphatic carbocycles. The summed E-state index contributed by atoms with van der Waals surface area (Å²) in [6, 6.07) is 6.11. The molecule has 0 spiro atoms. The number of hydrogen-bond donors (Lipinski definition) is 0. The normalized spacial score (nSPS) is 17.3. The summed E-state index contributed by atoms with van der Waals surface area (Å²) in [5.74, 6) is -0.711. The van der Waals surface area contributed by atoms with Crippen LogP contribution >= 0.6 is 0 Å². The fourth-order valence-electron chi connectivity index (χ4n) is 3.74. The number of piperidine rings is 1.